The lowest BCUT2D eigenvalue weighted by Gasteiger charge is -2.03. The highest BCUT2D eigenvalue weighted by atomic mass is 35.5. The fourth-order valence-electron chi connectivity index (χ4n) is 1.73. The van der Waals surface area contributed by atoms with Crippen LogP contribution in [0.15, 0.2) is 41.4 Å². The fourth-order valence-corrected chi connectivity index (χ4v) is 2.24. The number of carbonyl (C=O) groups excluding carboxylic acids is 1. The lowest BCUT2D eigenvalue weighted by atomic mass is 10.2. The molecule has 0 heterocycles. The zero-order chi connectivity index (χ0) is 16.1. The van der Waals surface area contributed by atoms with Crippen molar-refractivity contribution in [3.63, 3.8) is 0 Å². The molecule has 0 fully saturated rings. The molecule has 2 aromatic carbocycles. The number of phenolic OH excluding ortho intramolecular Hbond substituents is 1. The van der Waals surface area contributed by atoms with E-state index in [-0.39, 0.29) is 16.7 Å². The predicted octanol–water partition coefficient (Wildman–Crippen LogP) is 4.63. The van der Waals surface area contributed by atoms with Gasteiger partial charge in [0.25, 0.3) is 0 Å². The second-order valence-corrected chi connectivity index (χ2v) is 5.19. The molecular formula is C16H13Cl2NO3. The van der Waals surface area contributed by atoms with Crippen molar-refractivity contribution in [2.45, 2.75) is 6.92 Å². The van der Waals surface area contributed by atoms with Gasteiger partial charge in [0.05, 0.1) is 22.9 Å². The first-order chi connectivity index (χ1) is 10.5. The van der Waals surface area contributed by atoms with Gasteiger partial charge in [-0.15, -0.1) is 0 Å². The zero-order valence-electron chi connectivity index (χ0n) is 11.7. The van der Waals surface area contributed by atoms with E-state index in [1.807, 2.05) is 0 Å². The van der Waals surface area contributed by atoms with Crippen molar-refractivity contribution >= 4 is 41.1 Å². The zero-order valence-corrected chi connectivity index (χ0v) is 13.2. The molecule has 0 radical (unpaired) electrons. The van der Waals surface area contributed by atoms with Gasteiger partial charge in [-0.2, -0.15) is 0 Å². The van der Waals surface area contributed by atoms with Crippen molar-refractivity contribution in [3.8, 4) is 5.75 Å². The first-order valence-corrected chi connectivity index (χ1v) is 7.26. The summed E-state index contributed by atoms with van der Waals surface area (Å²) < 4.78 is 4.90. The third-order valence-electron chi connectivity index (χ3n) is 2.79. The lowest BCUT2D eigenvalue weighted by molar-refractivity contribution is 0.0526. The molecule has 0 aliphatic heterocycles. The molecule has 114 valence electrons. The van der Waals surface area contributed by atoms with Gasteiger partial charge in [0.1, 0.15) is 5.75 Å². The summed E-state index contributed by atoms with van der Waals surface area (Å²) in [6, 6.07) is 9.59. The normalized spacial score (nSPS) is 10.9. The third kappa shape index (κ3) is 4.00. The van der Waals surface area contributed by atoms with Crippen molar-refractivity contribution in [2.75, 3.05) is 6.61 Å². The Morgan fingerprint density at radius 1 is 1.27 bits per heavy atom. The van der Waals surface area contributed by atoms with Crippen molar-refractivity contribution in [1.29, 1.82) is 0 Å². The first kappa shape index (κ1) is 16.3. The Kier molecular flexibility index (Phi) is 5.41. The summed E-state index contributed by atoms with van der Waals surface area (Å²) in [7, 11) is 0. The Balaban J connectivity index is 2.19. The Morgan fingerprint density at radius 3 is 2.59 bits per heavy atom. The topological polar surface area (TPSA) is 58.9 Å². The van der Waals surface area contributed by atoms with Crippen LogP contribution in [0.4, 0.5) is 5.69 Å². The van der Waals surface area contributed by atoms with Gasteiger partial charge in [-0.25, -0.2) is 4.79 Å². The minimum atomic E-state index is -0.378. The van der Waals surface area contributed by atoms with Crippen molar-refractivity contribution in [2.24, 2.45) is 4.99 Å². The minimum Gasteiger partial charge on any atom is -0.506 e. The second kappa shape index (κ2) is 7.29. The monoisotopic (exact) mass is 337 g/mol. The lowest BCUT2D eigenvalue weighted by Crippen LogP contribution is -2.03. The van der Waals surface area contributed by atoms with Gasteiger partial charge in [0, 0.05) is 16.8 Å². The molecule has 0 aliphatic carbocycles. The first-order valence-electron chi connectivity index (χ1n) is 6.50. The number of phenols is 1. The number of hydrogen-bond acceptors (Lipinski definition) is 4. The fraction of sp³-hybridized carbons (Fsp3) is 0.125. The molecule has 1 N–H and O–H groups in total. The maximum absolute atomic E-state index is 11.5. The number of halogens is 2. The number of esters is 1. The third-order valence-corrected chi connectivity index (χ3v) is 3.30. The van der Waals surface area contributed by atoms with Crippen LogP contribution < -0.4 is 0 Å². The minimum absolute atomic E-state index is 0.0852. The maximum Gasteiger partial charge on any atom is 0.338 e. The number of benzene rings is 2. The highest BCUT2D eigenvalue weighted by Gasteiger charge is 2.07. The Hall–Kier alpha value is -2.04. The van der Waals surface area contributed by atoms with Gasteiger partial charge >= 0.3 is 5.97 Å². The molecule has 6 heteroatoms. The predicted molar refractivity (Wildman–Crippen MR) is 87.8 cm³/mol. The summed E-state index contributed by atoms with van der Waals surface area (Å²) in [6.45, 7) is 2.08. The van der Waals surface area contributed by atoms with Crippen molar-refractivity contribution in [3.05, 3.63) is 57.6 Å². The van der Waals surface area contributed by atoms with Crippen LogP contribution in [-0.2, 0) is 4.74 Å². The van der Waals surface area contributed by atoms with E-state index in [0.29, 0.717) is 28.4 Å². The summed E-state index contributed by atoms with van der Waals surface area (Å²) >= 11 is 11.7. The highest BCUT2D eigenvalue weighted by molar-refractivity contribution is 6.36. The molecule has 0 unspecified atom stereocenters. The molecule has 0 aliphatic rings. The molecule has 2 aromatic rings. The molecule has 0 aromatic heterocycles. The number of rotatable bonds is 4. The van der Waals surface area contributed by atoms with E-state index in [4.69, 9.17) is 27.9 Å². The van der Waals surface area contributed by atoms with Gasteiger partial charge in [0.2, 0.25) is 0 Å². The van der Waals surface area contributed by atoms with Crippen LogP contribution in [0.1, 0.15) is 22.8 Å². The van der Waals surface area contributed by atoms with Crippen molar-refractivity contribution in [1.82, 2.24) is 0 Å². The van der Waals surface area contributed by atoms with E-state index in [9.17, 15) is 9.90 Å². The van der Waals surface area contributed by atoms with E-state index >= 15 is 0 Å². The van der Waals surface area contributed by atoms with Crippen LogP contribution >= 0.6 is 23.2 Å². The molecule has 0 saturated carbocycles. The molecule has 22 heavy (non-hydrogen) atoms. The highest BCUT2D eigenvalue weighted by Crippen LogP contribution is 2.30. The maximum atomic E-state index is 11.5. The largest absolute Gasteiger partial charge is 0.506 e. The standard InChI is InChI=1S/C16H13Cl2NO3/c1-2-22-16(21)10-3-5-13(6-4-10)19-9-11-7-12(17)8-14(18)15(11)20/h3-9,20H,2H2,1H3/b19-9+. The van der Waals surface area contributed by atoms with Crippen LogP contribution in [0.3, 0.4) is 0 Å². The average Bonchev–Trinajstić information content (AvgIpc) is 2.50. The molecule has 0 spiro atoms. The molecule has 4 nitrogen and oxygen atoms in total. The van der Waals surface area contributed by atoms with Gasteiger partial charge < -0.3 is 9.84 Å². The Bertz CT molecular complexity index is 712. The van der Waals surface area contributed by atoms with E-state index in [1.165, 1.54) is 12.3 Å². The average molecular weight is 338 g/mol. The Morgan fingerprint density at radius 2 is 1.95 bits per heavy atom. The molecule has 0 bridgehead atoms. The van der Waals surface area contributed by atoms with Gasteiger partial charge in [-0.05, 0) is 43.3 Å². The molecule has 0 saturated heterocycles. The summed E-state index contributed by atoms with van der Waals surface area (Å²) in [5, 5.41) is 10.4. The molecular weight excluding hydrogens is 325 g/mol. The second-order valence-electron chi connectivity index (χ2n) is 4.35. The number of hydrogen-bond donors (Lipinski definition) is 1. The van der Waals surface area contributed by atoms with E-state index in [0.717, 1.165) is 0 Å². The summed E-state index contributed by atoms with van der Waals surface area (Å²) in [6.07, 6.45) is 1.45. The van der Waals surface area contributed by atoms with Gasteiger partial charge in [0.15, 0.2) is 0 Å². The number of carbonyl (C=O) groups is 1. The quantitative estimate of drug-likeness (QED) is 0.653. The number of aliphatic imine (C=N–C) groups is 1. The summed E-state index contributed by atoms with van der Waals surface area (Å²) in [5.74, 6) is -0.463. The SMILES string of the molecule is CCOC(=O)c1ccc(/N=C/c2cc(Cl)cc(Cl)c2O)cc1. The van der Waals surface area contributed by atoms with Gasteiger partial charge in [-0.1, -0.05) is 23.2 Å². The van der Waals surface area contributed by atoms with Crippen LogP contribution in [0.2, 0.25) is 10.0 Å². The number of nitrogens with zero attached hydrogens (tertiary/aromatic N) is 1. The van der Waals surface area contributed by atoms with Crippen LogP contribution in [0.25, 0.3) is 0 Å². The number of aromatic hydroxyl groups is 1. The summed E-state index contributed by atoms with van der Waals surface area (Å²) in [4.78, 5) is 15.7. The van der Waals surface area contributed by atoms with E-state index < -0.39 is 0 Å². The van der Waals surface area contributed by atoms with Crippen LogP contribution in [-0.4, -0.2) is 23.9 Å². The summed E-state index contributed by atoms with van der Waals surface area (Å²) in [5.41, 5.74) is 1.48. The van der Waals surface area contributed by atoms with Crippen molar-refractivity contribution < 1.29 is 14.6 Å². The smallest absolute Gasteiger partial charge is 0.338 e. The van der Waals surface area contributed by atoms with Crippen LogP contribution in [0, 0.1) is 0 Å². The molecule has 0 amide bonds. The number of ether oxygens (including phenoxy) is 1. The van der Waals surface area contributed by atoms with E-state index in [2.05, 4.69) is 4.99 Å². The Labute approximate surface area is 138 Å². The van der Waals surface area contributed by atoms with Crippen LogP contribution in [0.5, 0.6) is 5.75 Å². The van der Waals surface area contributed by atoms with Gasteiger partial charge in [-0.3, -0.25) is 4.99 Å². The van der Waals surface area contributed by atoms with E-state index in [1.54, 1.807) is 37.3 Å². The molecule has 0 atom stereocenters. The molecule has 2 rings (SSSR count).